The molecule has 0 amide bonds. The first kappa shape index (κ1) is 13.0. The lowest BCUT2D eigenvalue weighted by Gasteiger charge is -2.14. The van der Waals surface area contributed by atoms with Gasteiger partial charge in [0.25, 0.3) is 0 Å². The molecule has 3 nitrogen and oxygen atoms in total. The van der Waals surface area contributed by atoms with Crippen LogP contribution in [0.5, 0.6) is 0 Å². The van der Waals surface area contributed by atoms with E-state index in [4.69, 9.17) is 21.9 Å². The lowest BCUT2D eigenvalue weighted by molar-refractivity contribution is 0.228. The van der Waals surface area contributed by atoms with Gasteiger partial charge in [0.05, 0.1) is 12.8 Å². The van der Waals surface area contributed by atoms with Crippen molar-refractivity contribution in [1.82, 2.24) is 0 Å². The molecule has 1 unspecified atom stereocenters. The van der Waals surface area contributed by atoms with Gasteiger partial charge in [-0.25, -0.2) is 0 Å². The zero-order chi connectivity index (χ0) is 10.9. The van der Waals surface area contributed by atoms with E-state index in [1.165, 1.54) is 6.08 Å². The Balaban J connectivity index is 4.12. The first-order chi connectivity index (χ1) is 6.68. The van der Waals surface area contributed by atoms with Gasteiger partial charge < -0.3 is 4.52 Å². The van der Waals surface area contributed by atoms with Crippen molar-refractivity contribution in [1.29, 1.82) is 0 Å². The summed E-state index contributed by atoms with van der Waals surface area (Å²) < 4.78 is 21.7. The van der Waals surface area contributed by atoms with Crippen molar-refractivity contribution in [3.05, 3.63) is 12.7 Å². The molecule has 0 radical (unpaired) electrons. The van der Waals surface area contributed by atoms with Crippen LogP contribution in [0.15, 0.2) is 12.7 Å². The molecule has 0 N–H and O–H groups in total. The van der Waals surface area contributed by atoms with Crippen LogP contribution in [0.4, 0.5) is 0 Å². The Kier molecular flexibility index (Phi) is 6.89. The molecule has 0 aromatic carbocycles. The average molecular weight is 212 g/mol. The molecule has 14 heavy (non-hydrogen) atoms. The third kappa shape index (κ3) is 5.62. The Morgan fingerprint density at radius 3 is 2.57 bits per heavy atom. The summed E-state index contributed by atoms with van der Waals surface area (Å²) in [6.45, 7) is 3.62. The predicted molar refractivity (Wildman–Crippen MR) is 56.9 cm³/mol. The molecule has 0 spiro atoms. The van der Waals surface area contributed by atoms with Gasteiger partial charge in [-0.15, -0.1) is 25.3 Å². The third-order valence-corrected chi connectivity index (χ3v) is 3.04. The zero-order valence-corrected chi connectivity index (χ0v) is 8.83. The molecular formula is C10H13O3P. The predicted octanol–water partition coefficient (Wildman–Crippen LogP) is 2.06. The second-order valence-electron chi connectivity index (χ2n) is 2.35. The summed E-state index contributed by atoms with van der Waals surface area (Å²) in [6, 6.07) is 0. The molecule has 0 aromatic heterocycles. The van der Waals surface area contributed by atoms with Crippen molar-refractivity contribution in [3.63, 3.8) is 0 Å². The van der Waals surface area contributed by atoms with E-state index in [2.05, 4.69) is 18.4 Å². The van der Waals surface area contributed by atoms with Gasteiger partial charge in [-0.3, -0.25) is 9.09 Å². The van der Waals surface area contributed by atoms with Crippen LogP contribution in [0.3, 0.4) is 0 Å². The van der Waals surface area contributed by atoms with E-state index >= 15 is 0 Å². The summed E-state index contributed by atoms with van der Waals surface area (Å²) in [4.78, 5) is 0. The number of hydrogen-bond donors (Lipinski definition) is 0. The highest BCUT2D eigenvalue weighted by Gasteiger charge is 2.21. The Hall–Kier alpha value is -0.990. The van der Waals surface area contributed by atoms with Gasteiger partial charge in [-0.2, -0.15) is 0 Å². The number of hydrogen-bond acceptors (Lipinski definition) is 3. The maximum atomic E-state index is 11.8. The van der Waals surface area contributed by atoms with Crippen molar-refractivity contribution in [2.24, 2.45) is 0 Å². The van der Waals surface area contributed by atoms with Crippen LogP contribution in [0.1, 0.15) is 6.42 Å². The molecular weight excluding hydrogens is 199 g/mol. The largest absolute Gasteiger partial charge is 0.335 e. The number of terminal acetylenes is 2. The quantitative estimate of drug-likeness (QED) is 0.280. The Morgan fingerprint density at radius 2 is 2.07 bits per heavy atom. The Labute approximate surface area is 85.0 Å². The summed E-state index contributed by atoms with van der Waals surface area (Å²) >= 11 is 0. The summed E-state index contributed by atoms with van der Waals surface area (Å²) in [6.07, 6.45) is 12.0. The van der Waals surface area contributed by atoms with Crippen LogP contribution in [0.25, 0.3) is 0 Å². The highest BCUT2D eigenvalue weighted by atomic mass is 31.2. The van der Waals surface area contributed by atoms with E-state index in [-0.39, 0.29) is 19.4 Å². The van der Waals surface area contributed by atoms with Crippen molar-refractivity contribution < 1.29 is 13.6 Å². The van der Waals surface area contributed by atoms with Crippen LogP contribution in [-0.2, 0) is 13.6 Å². The number of rotatable bonds is 7. The molecule has 0 aliphatic heterocycles. The average Bonchev–Trinajstić information content (AvgIpc) is 2.16. The van der Waals surface area contributed by atoms with Gasteiger partial charge in [0.2, 0.25) is 0 Å². The Bertz CT molecular complexity index is 295. The van der Waals surface area contributed by atoms with E-state index < -0.39 is 7.60 Å². The maximum Gasteiger partial charge on any atom is 0.335 e. The highest BCUT2D eigenvalue weighted by Crippen LogP contribution is 2.47. The fourth-order valence-corrected chi connectivity index (χ4v) is 1.92. The van der Waals surface area contributed by atoms with E-state index in [9.17, 15) is 4.57 Å². The first-order valence-electron chi connectivity index (χ1n) is 4.04. The molecule has 0 saturated heterocycles. The molecule has 0 aliphatic rings. The Morgan fingerprint density at radius 1 is 1.36 bits per heavy atom. The molecule has 0 aromatic rings. The van der Waals surface area contributed by atoms with E-state index in [1.807, 2.05) is 0 Å². The van der Waals surface area contributed by atoms with E-state index in [0.29, 0.717) is 6.42 Å². The molecule has 4 heteroatoms. The van der Waals surface area contributed by atoms with Crippen molar-refractivity contribution in [2.45, 2.75) is 6.42 Å². The summed E-state index contributed by atoms with van der Waals surface area (Å²) in [5.41, 5.74) is 0. The lowest BCUT2D eigenvalue weighted by Crippen LogP contribution is -2.00. The zero-order valence-electron chi connectivity index (χ0n) is 7.94. The lowest BCUT2D eigenvalue weighted by atomic mass is 10.5. The minimum atomic E-state index is -3.12. The molecule has 1 atom stereocenters. The molecule has 0 fully saturated rings. The maximum absolute atomic E-state index is 11.8. The van der Waals surface area contributed by atoms with Crippen LogP contribution in [0, 0.1) is 24.7 Å². The molecule has 0 saturated carbocycles. The fourth-order valence-electron chi connectivity index (χ4n) is 0.680. The van der Waals surface area contributed by atoms with Gasteiger partial charge in [0, 0.05) is 6.42 Å². The second kappa shape index (κ2) is 7.42. The molecule has 76 valence electrons. The first-order valence-corrected chi connectivity index (χ1v) is 5.77. The topological polar surface area (TPSA) is 35.5 Å². The fraction of sp³-hybridized carbons (Fsp3) is 0.400. The van der Waals surface area contributed by atoms with Gasteiger partial charge in [0.15, 0.2) is 0 Å². The SMILES string of the molecule is C#CCCOP(=O)(CC=C)OCC#C. The minimum absolute atomic E-state index is 0.0405. The van der Waals surface area contributed by atoms with Gasteiger partial charge >= 0.3 is 7.60 Å². The summed E-state index contributed by atoms with van der Waals surface area (Å²) in [7, 11) is -3.12. The summed E-state index contributed by atoms with van der Waals surface area (Å²) in [5.74, 6) is 4.59. The highest BCUT2D eigenvalue weighted by molar-refractivity contribution is 7.54. The minimum Gasteiger partial charge on any atom is -0.307 e. The van der Waals surface area contributed by atoms with Crippen LogP contribution >= 0.6 is 7.60 Å². The van der Waals surface area contributed by atoms with Crippen LogP contribution in [-0.4, -0.2) is 19.4 Å². The molecule has 0 bridgehead atoms. The van der Waals surface area contributed by atoms with E-state index in [0.717, 1.165) is 0 Å². The summed E-state index contributed by atoms with van der Waals surface area (Å²) in [5, 5.41) is 0. The van der Waals surface area contributed by atoms with Crippen molar-refractivity contribution in [2.75, 3.05) is 19.4 Å². The van der Waals surface area contributed by atoms with Gasteiger partial charge in [-0.1, -0.05) is 12.0 Å². The molecule has 0 heterocycles. The van der Waals surface area contributed by atoms with Gasteiger partial charge in [0.1, 0.15) is 6.61 Å². The molecule has 0 aliphatic carbocycles. The standard InChI is InChI=1S/C10H13O3P/c1-4-7-9-13-14(11,10-6-3)12-8-5-2/h1-2,6H,3,7-10H2. The number of allylic oxidation sites excluding steroid dienone is 1. The van der Waals surface area contributed by atoms with Crippen LogP contribution in [0.2, 0.25) is 0 Å². The normalized spacial score (nSPS) is 13.6. The van der Waals surface area contributed by atoms with Gasteiger partial charge in [-0.05, 0) is 0 Å². The van der Waals surface area contributed by atoms with Crippen molar-refractivity contribution in [3.8, 4) is 24.7 Å². The monoisotopic (exact) mass is 212 g/mol. The van der Waals surface area contributed by atoms with Crippen LogP contribution < -0.4 is 0 Å². The third-order valence-electron chi connectivity index (χ3n) is 1.23. The second-order valence-corrected chi connectivity index (χ2v) is 4.45. The van der Waals surface area contributed by atoms with Crippen molar-refractivity contribution >= 4 is 7.60 Å². The smallest absolute Gasteiger partial charge is 0.307 e. The molecule has 0 rings (SSSR count). The van der Waals surface area contributed by atoms with E-state index in [1.54, 1.807) is 0 Å².